The van der Waals surface area contributed by atoms with Gasteiger partial charge in [-0.15, -0.1) is 54.1 Å². The van der Waals surface area contributed by atoms with Crippen molar-refractivity contribution in [1.82, 2.24) is 14.4 Å². The Morgan fingerprint density at radius 1 is 0.674 bits per heavy atom. The van der Waals surface area contributed by atoms with Gasteiger partial charge in [-0.1, -0.05) is 40.3 Å². The third-order valence-corrected chi connectivity index (χ3v) is 8.03. The molecule has 0 saturated carbocycles. The minimum absolute atomic E-state index is 0. The Morgan fingerprint density at radius 2 is 1.42 bits per heavy atom. The SMILES string of the molecule is Cc1cnc(-c2[c-]ccc3c2oc2cc4c(cc23)cn2ccccc42)cc1C.Cc1cnc(-c2[c-]cccc2)cc1C.[Ir]. The van der Waals surface area contributed by atoms with Gasteiger partial charge in [0.25, 0.3) is 0 Å². The molecule has 43 heavy (non-hydrogen) atoms. The predicted molar refractivity (Wildman–Crippen MR) is 172 cm³/mol. The number of pyridine rings is 3. The predicted octanol–water partition coefficient (Wildman–Crippen LogP) is 9.63. The van der Waals surface area contributed by atoms with E-state index in [1.54, 1.807) is 0 Å². The molecule has 0 N–H and O–H groups in total. The zero-order valence-electron chi connectivity index (χ0n) is 24.4. The molecule has 0 aliphatic carbocycles. The summed E-state index contributed by atoms with van der Waals surface area (Å²) in [4.78, 5) is 9.00. The molecule has 0 atom stereocenters. The quantitative estimate of drug-likeness (QED) is 0.166. The van der Waals surface area contributed by atoms with Crippen LogP contribution in [0.5, 0.6) is 0 Å². The van der Waals surface area contributed by atoms with Crippen LogP contribution in [0.3, 0.4) is 0 Å². The van der Waals surface area contributed by atoms with Crippen molar-refractivity contribution in [2.45, 2.75) is 27.7 Å². The minimum atomic E-state index is 0. The van der Waals surface area contributed by atoms with E-state index in [9.17, 15) is 0 Å². The van der Waals surface area contributed by atoms with Crippen LogP contribution in [-0.4, -0.2) is 14.4 Å². The van der Waals surface area contributed by atoms with Gasteiger partial charge in [-0.25, -0.2) is 0 Å². The maximum atomic E-state index is 6.35. The van der Waals surface area contributed by atoms with Crippen LogP contribution in [0, 0.1) is 39.8 Å². The first-order chi connectivity index (χ1) is 20.5. The number of hydrogen-bond donors (Lipinski definition) is 0. The second-order valence-corrected chi connectivity index (χ2v) is 10.8. The van der Waals surface area contributed by atoms with Crippen molar-refractivity contribution >= 4 is 38.2 Å². The van der Waals surface area contributed by atoms with Crippen molar-refractivity contribution in [3.63, 3.8) is 0 Å². The largest absolute Gasteiger partial charge is 0.501 e. The average Bonchev–Trinajstić information content (AvgIpc) is 3.57. The normalized spacial score (nSPS) is 11.1. The van der Waals surface area contributed by atoms with Crippen molar-refractivity contribution in [1.29, 1.82) is 0 Å². The molecule has 0 saturated heterocycles. The number of aryl methyl sites for hydroxylation is 4. The first-order valence-corrected chi connectivity index (χ1v) is 14.1. The second-order valence-electron chi connectivity index (χ2n) is 10.8. The molecule has 0 bridgehead atoms. The van der Waals surface area contributed by atoms with E-state index in [2.05, 4.69) is 109 Å². The summed E-state index contributed by atoms with van der Waals surface area (Å²) in [6.45, 7) is 8.35. The second kappa shape index (κ2) is 11.6. The number of benzene rings is 3. The number of aromatic nitrogens is 3. The molecule has 213 valence electrons. The van der Waals surface area contributed by atoms with Gasteiger partial charge in [0, 0.05) is 61.1 Å². The molecule has 5 heteroatoms. The van der Waals surface area contributed by atoms with Gasteiger partial charge < -0.3 is 18.8 Å². The van der Waals surface area contributed by atoms with E-state index in [1.165, 1.54) is 38.5 Å². The van der Waals surface area contributed by atoms with E-state index < -0.39 is 0 Å². The van der Waals surface area contributed by atoms with E-state index in [4.69, 9.17) is 4.42 Å². The molecular formula is C38H29IrN3O-2. The van der Waals surface area contributed by atoms with Crippen LogP contribution in [0.2, 0.25) is 0 Å². The fourth-order valence-electron chi connectivity index (χ4n) is 5.35. The zero-order chi connectivity index (χ0) is 28.8. The average molecular weight is 736 g/mol. The molecule has 0 spiro atoms. The van der Waals surface area contributed by atoms with E-state index >= 15 is 0 Å². The van der Waals surface area contributed by atoms with Gasteiger partial charge >= 0.3 is 0 Å². The van der Waals surface area contributed by atoms with Crippen molar-refractivity contribution in [2.75, 3.05) is 0 Å². The molecule has 0 amide bonds. The minimum Gasteiger partial charge on any atom is -0.501 e. The Balaban J connectivity index is 0.000000186. The summed E-state index contributed by atoms with van der Waals surface area (Å²) in [5, 5.41) is 4.63. The molecule has 0 aliphatic heterocycles. The van der Waals surface area contributed by atoms with Gasteiger partial charge in [-0.05, 0) is 74.5 Å². The van der Waals surface area contributed by atoms with E-state index in [1.807, 2.05) is 48.8 Å². The molecule has 4 nitrogen and oxygen atoms in total. The molecule has 8 rings (SSSR count). The first kappa shape index (κ1) is 28.5. The topological polar surface area (TPSA) is 43.3 Å². The summed E-state index contributed by atoms with van der Waals surface area (Å²) in [6.07, 6.45) is 8.07. The molecule has 0 unspecified atom stereocenters. The van der Waals surface area contributed by atoms with E-state index in [-0.39, 0.29) is 20.1 Å². The summed E-state index contributed by atoms with van der Waals surface area (Å²) in [6, 6.07) is 33.3. The summed E-state index contributed by atoms with van der Waals surface area (Å²) in [5.41, 5.74) is 11.7. The number of hydrogen-bond acceptors (Lipinski definition) is 3. The molecule has 0 fully saturated rings. The maximum absolute atomic E-state index is 6.35. The maximum Gasteiger partial charge on any atom is 0.121 e. The number of fused-ring (bicyclic) bond motifs is 6. The Hall–Kier alpha value is -4.57. The fourth-order valence-corrected chi connectivity index (χ4v) is 5.35. The molecule has 8 aromatic rings. The van der Waals surface area contributed by atoms with Gasteiger partial charge in [0.15, 0.2) is 0 Å². The van der Waals surface area contributed by atoms with Crippen molar-refractivity contribution in [3.8, 4) is 22.5 Å². The molecule has 5 aromatic heterocycles. The standard InChI is InChI=1S/C25H17N2O.C13H12N.Ir/c1-15-10-22(26-13-16(15)2)19-7-5-6-18-21-11-17-14-27-9-4-3-8-23(27)20(17)12-24(21)28-25(18)19;1-10-8-13(14-9-11(10)2)12-6-4-3-5-7-12;/h3-6,8-14H,1-2H3;3-6,8-9H,1-2H3;/q2*-1;. The Labute approximate surface area is 264 Å². The van der Waals surface area contributed by atoms with Crippen LogP contribution in [0.15, 0.2) is 108 Å². The Morgan fingerprint density at radius 3 is 2.16 bits per heavy atom. The van der Waals surface area contributed by atoms with E-state index in [0.717, 1.165) is 44.5 Å². The smallest absolute Gasteiger partial charge is 0.121 e. The summed E-state index contributed by atoms with van der Waals surface area (Å²) >= 11 is 0. The first-order valence-electron chi connectivity index (χ1n) is 14.1. The van der Waals surface area contributed by atoms with Crippen LogP contribution >= 0.6 is 0 Å². The fraction of sp³-hybridized carbons (Fsp3) is 0.105. The summed E-state index contributed by atoms with van der Waals surface area (Å²) in [5.74, 6) is 0. The third-order valence-electron chi connectivity index (χ3n) is 8.03. The summed E-state index contributed by atoms with van der Waals surface area (Å²) < 4.78 is 8.51. The van der Waals surface area contributed by atoms with Gasteiger partial charge in [-0.2, -0.15) is 0 Å². The van der Waals surface area contributed by atoms with Gasteiger partial charge in [0.1, 0.15) is 5.58 Å². The molecule has 0 aliphatic rings. The van der Waals surface area contributed by atoms with Crippen LogP contribution in [0.4, 0.5) is 0 Å². The molecule has 3 aromatic carbocycles. The number of nitrogens with zero attached hydrogens (tertiary/aromatic N) is 3. The molecular weight excluding hydrogens is 707 g/mol. The van der Waals surface area contributed by atoms with Crippen molar-refractivity contribution < 1.29 is 24.5 Å². The monoisotopic (exact) mass is 736 g/mol. The van der Waals surface area contributed by atoms with Crippen LogP contribution < -0.4 is 0 Å². The number of furan rings is 1. The Bertz CT molecular complexity index is 2250. The van der Waals surface area contributed by atoms with Gasteiger partial charge in [0.2, 0.25) is 0 Å². The van der Waals surface area contributed by atoms with Crippen molar-refractivity contribution in [2.24, 2.45) is 0 Å². The van der Waals surface area contributed by atoms with Crippen LogP contribution in [-0.2, 0) is 20.1 Å². The van der Waals surface area contributed by atoms with Gasteiger partial charge in [-0.3, -0.25) is 0 Å². The van der Waals surface area contributed by atoms with Crippen LogP contribution in [0.1, 0.15) is 22.3 Å². The molecule has 1 radical (unpaired) electrons. The van der Waals surface area contributed by atoms with Crippen molar-refractivity contribution in [3.05, 3.63) is 138 Å². The van der Waals surface area contributed by atoms with Crippen LogP contribution in [0.25, 0.3) is 60.7 Å². The molecule has 5 heterocycles. The third kappa shape index (κ3) is 5.27. The number of rotatable bonds is 2. The summed E-state index contributed by atoms with van der Waals surface area (Å²) in [7, 11) is 0. The van der Waals surface area contributed by atoms with Gasteiger partial charge in [0.05, 0.1) is 11.1 Å². The van der Waals surface area contributed by atoms with E-state index in [0.29, 0.717) is 0 Å². The Kier molecular flexibility index (Phi) is 7.70. The zero-order valence-corrected chi connectivity index (χ0v) is 26.8.